The molecule has 3 unspecified atom stereocenters. The van der Waals surface area contributed by atoms with E-state index < -0.39 is 0 Å². The summed E-state index contributed by atoms with van der Waals surface area (Å²) >= 11 is 0. The highest BCUT2D eigenvalue weighted by molar-refractivity contribution is 5.82. The average Bonchev–Trinajstić information content (AvgIpc) is 3.07. The largest absolute Gasteiger partial charge is 0.352 e. The molecule has 16 heavy (non-hydrogen) atoms. The quantitative estimate of drug-likeness (QED) is 0.718. The third kappa shape index (κ3) is 2.74. The van der Waals surface area contributed by atoms with Gasteiger partial charge in [0.2, 0.25) is 5.91 Å². The van der Waals surface area contributed by atoms with Crippen LogP contribution in [-0.4, -0.2) is 49.1 Å². The summed E-state index contributed by atoms with van der Waals surface area (Å²) in [6.07, 6.45) is 2.36. The lowest BCUT2D eigenvalue weighted by atomic mass is 10.2. The number of piperazine rings is 1. The molecule has 2 fully saturated rings. The van der Waals surface area contributed by atoms with E-state index in [-0.39, 0.29) is 11.9 Å². The molecular formula is C12H23N3O. The molecule has 1 heterocycles. The second kappa shape index (κ2) is 5.15. The van der Waals surface area contributed by atoms with Gasteiger partial charge in [0.1, 0.15) is 0 Å². The minimum Gasteiger partial charge on any atom is -0.352 e. The van der Waals surface area contributed by atoms with Gasteiger partial charge in [-0.05, 0) is 19.3 Å². The van der Waals surface area contributed by atoms with E-state index in [4.69, 9.17) is 0 Å². The fourth-order valence-corrected chi connectivity index (χ4v) is 2.41. The molecule has 0 radical (unpaired) electrons. The summed E-state index contributed by atoms with van der Waals surface area (Å²) in [5.41, 5.74) is 0. The van der Waals surface area contributed by atoms with Crippen LogP contribution in [0.4, 0.5) is 0 Å². The summed E-state index contributed by atoms with van der Waals surface area (Å²) in [7, 11) is 0. The summed E-state index contributed by atoms with van der Waals surface area (Å²) in [6, 6.07) is 0.489. The standard InChI is InChI=1S/C12H23N3O/c1-3-10-8-11(10)14-12(16)9(2)15-6-4-13-5-7-15/h9-11,13H,3-8H2,1-2H3,(H,14,16). The lowest BCUT2D eigenvalue weighted by Crippen LogP contribution is -2.53. The molecule has 4 heteroatoms. The maximum Gasteiger partial charge on any atom is 0.237 e. The summed E-state index contributed by atoms with van der Waals surface area (Å²) in [6.45, 7) is 8.17. The van der Waals surface area contributed by atoms with Crippen LogP contribution in [0.5, 0.6) is 0 Å². The number of hydrogen-bond donors (Lipinski definition) is 2. The van der Waals surface area contributed by atoms with Crippen LogP contribution in [0.1, 0.15) is 26.7 Å². The Morgan fingerprint density at radius 2 is 2.19 bits per heavy atom. The molecular weight excluding hydrogens is 202 g/mol. The molecule has 0 aromatic carbocycles. The Labute approximate surface area is 97.8 Å². The van der Waals surface area contributed by atoms with Gasteiger partial charge in [-0.15, -0.1) is 0 Å². The predicted octanol–water partition coefficient (Wildman–Crippen LogP) is 0.195. The van der Waals surface area contributed by atoms with Crippen molar-refractivity contribution in [3.8, 4) is 0 Å². The fraction of sp³-hybridized carbons (Fsp3) is 0.917. The van der Waals surface area contributed by atoms with Crippen LogP contribution < -0.4 is 10.6 Å². The molecule has 2 rings (SSSR count). The molecule has 1 saturated carbocycles. The number of carbonyl (C=O) groups excluding carboxylic acids is 1. The Morgan fingerprint density at radius 3 is 2.75 bits per heavy atom. The van der Waals surface area contributed by atoms with Gasteiger partial charge in [-0.3, -0.25) is 9.69 Å². The van der Waals surface area contributed by atoms with Crippen molar-refractivity contribution in [3.05, 3.63) is 0 Å². The average molecular weight is 225 g/mol. The lowest BCUT2D eigenvalue weighted by Gasteiger charge is -2.31. The van der Waals surface area contributed by atoms with E-state index in [1.54, 1.807) is 0 Å². The number of nitrogens with zero attached hydrogens (tertiary/aromatic N) is 1. The van der Waals surface area contributed by atoms with Crippen molar-refractivity contribution in [2.75, 3.05) is 26.2 Å². The van der Waals surface area contributed by atoms with Crippen LogP contribution in [-0.2, 0) is 4.79 Å². The number of carbonyl (C=O) groups is 1. The van der Waals surface area contributed by atoms with Gasteiger partial charge in [0.15, 0.2) is 0 Å². The van der Waals surface area contributed by atoms with E-state index in [1.165, 1.54) is 12.8 Å². The Kier molecular flexibility index (Phi) is 3.82. The van der Waals surface area contributed by atoms with Gasteiger partial charge < -0.3 is 10.6 Å². The van der Waals surface area contributed by atoms with E-state index in [1.807, 2.05) is 6.92 Å². The third-order valence-electron chi connectivity index (χ3n) is 3.85. The first kappa shape index (κ1) is 11.9. The third-order valence-corrected chi connectivity index (χ3v) is 3.85. The zero-order chi connectivity index (χ0) is 11.5. The van der Waals surface area contributed by atoms with Crippen molar-refractivity contribution >= 4 is 5.91 Å². The highest BCUT2D eigenvalue weighted by Crippen LogP contribution is 2.33. The zero-order valence-electron chi connectivity index (χ0n) is 10.3. The van der Waals surface area contributed by atoms with Crippen LogP contribution in [0, 0.1) is 5.92 Å². The summed E-state index contributed by atoms with van der Waals surface area (Å²) in [5.74, 6) is 0.946. The maximum atomic E-state index is 12.0. The lowest BCUT2D eigenvalue weighted by molar-refractivity contribution is -0.126. The molecule has 1 amide bonds. The number of hydrogen-bond acceptors (Lipinski definition) is 3. The summed E-state index contributed by atoms with van der Waals surface area (Å²) in [4.78, 5) is 14.2. The second-order valence-electron chi connectivity index (χ2n) is 4.98. The van der Waals surface area contributed by atoms with Gasteiger partial charge in [0, 0.05) is 32.2 Å². The summed E-state index contributed by atoms with van der Waals surface area (Å²) in [5, 5.41) is 6.46. The number of rotatable bonds is 4. The highest BCUT2D eigenvalue weighted by atomic mass is 16.2. The van der Waals surface area contributed by atoms with Gasteiger partial charge in [0.05, 0.1) is 6.04 Å². The first-order chi connectivity index (χ1) is 7.72. The van der Waals surface area contributed by atoms with Crippen molar-refractivity contribution in [1.82, 2.24) is 15.5 Å². The molecule has 3 atom stereocenters. The van der Waals surface area contributed by atoms with E-state index in [0.29, 0.717) is 6.04 Å². The normalized spacial score (nSPS) is 32.1. The molecule has 0 aromatic heterocycles. The van der Waals surface area contributed by atoms with Crippen LogP contribution >= 0.6 is 0 Å². The number of amides is 1. The van der Waals surface area contributed by atoms with Crippen molar-refractivity contribution in [3.63, 3.8) is 0 Å². The van der Waals surface area contributed by atoms with Crippen molar-refractivity contribution in [1.29, 1.82) is 0 Å². The SMILES string of the molecule is CCC1CC1NC(=O)C(C)N1CCNCC1. The first-order valence-corrected chi connectivity index (χ1v) is 6.47. The predicted molar refractivity (Wildman–Crippen MR) is 64.2 cm³/mol. The van der Waals surface area contributed by atoms with Crippen LogP contribution in [0.15, 0.2) is 0 Å². The Hall–Kier alpha value is -0.610. The van der Waals surface area contributed by atoms with E-state index in [0.717, 1.165) is 32.1 Å². The molecule has 92 valence electrons. The molecule has 1 aliphatic carbocycles. The van der Waals surface area contributed by atoms with E-state index in [9.17, 15) is 4.79 Å². The molecule has 4 nitrogen and oxygen atoms in total. The molecule has 1 aliphatic heterocycles. The number of nitrogens with one attached hydrogen (secondary N) is 2. The molecule has 2 N–H and O–H groups in total. The topological polar surface area (TPSA) is 44.4 Å². The minimum absolute atomic E-state index is 0.0280. The van der Waals surface area contributed by atoms with Gasteiger partial charge in [0.25, 0.3) is 0 Å². The summed E-state index contributed by atoms with van der Waals surface area (Å²) < 4.78 is 0. The highest BCUT2D eigenvalue weighted by Gasteiger charge is 2.37. The van der Waals surface area contributed by atoms with Crippen molar-refractivity contribution in [2.45, 2.75) is 38.8 Å². The molecule has 0 bridgehead atoms. The van der Waals surface area contributed by atoms with Gasteiger partial charge in [-0.1, -0.05) is 13.3 Å². The Bertz CT molecular complexity index is 251. The van der Waals surface area contributed by atoms with Gasteiger partial charge in [-0.25, -0.2) is 0 Å². The molecule has 1 saturated heterocycles. The smallest absolute Gasteiger partial charge is 0.237 e. The first-order valence-electron chi connectivity index (χ1n) is 6.47. The zero-order valence-corrected chi connectivity index (χ0v) is 10.3. The van der Waals surface area contributed by atoms with Crippen LogP contribution in [0.3, 0.4) is 0 Å². The fourth-order valence-electron chi connectivity index (χ4n) is 2.41. The molecule has 0 aromatic rings. The maximum absolute atomic E-state index is 12.0. The molecule has 0 spiro atoms. The minimum atomic E-state index is 0.0280. The van der Waals surface area contributed by atoms with E-state index >= 15 is 0 Å². The van der Waals surface area contributed by atoms with Gasteiger partial charge in [-0.2, -0.15) is 0 Å². The molecule has 2 aliphatic rings. The van der Waals surface area contributed by atoms with Crippen LogP contribution in [0.2, 0.25) is 0 Å². The second-order valence-corrected chi connectivity index (χ2v) is 4.98. The van der Waals surface area contributed by atoms with E-state index in [2.05, 4.69) is 22.5 Å². The monoisotopic (exact) mass is 225 g/mol. The van der Waals surface area contributed by atoms with Crippen LogP contribution in [0.25, 0.3) is 0 Å². The Morgan fingerprint density at radius 1 is 1.50 bits per heavy atom. The van der Waals surface area contributed by atoms with Crippen molar-refractivity contribution < 1.29 is 4.79 Å². The van der Waals surface area contributed by atoms with Crippen molar-refractivity contribution in [2.24, 2.45) is 5.92 Å². The van der Waals surface area contributed by atoms with Gasteiger partial charge >= 0.3 is 0 Å². The Balaban J connectivity index is 1.75.